The van der Waals surface area contributed by atoms with Gasteiger partial charge in [0.2, 0.25) is 5.91 Å². The van der Waals surface area contributed by atoms with Gasteiger partial charge in [-0.25, -0.2) is 9.97 Å². The number of hydrogen-bond acceptors (Lipinski definition) is 5. The molecule has 1 N–H and O–H groups in total. The molecule has 0 aromatic carbocycles. The summed E-state index contributed by atoms with van der Waals surface area (Å²) in [7, 11) is 0. The molecule has 3 heterocycles. The molecule has 1 aliphatic carbocycles. The van der Waals surface area contributed by atoms with Gasteiger partial charge in [0, 0.05) is 30.7 Å². The van der Waals surface area contributed by atoms with Crippen molar-refractivity contribution in [1.29, 1.82) is 0 Å². The summed E-state index contributed by atoms with van der Waals surface area (Å²) in [6.45, 7) is 5.87. The summed E-state index contributed by atoms with van der Waals surface area (Å²) in [6, 6.07) is 4.55. The van der Waals surface area contributed by atoms with Crippen LogP contribution in [0.2, 0.25) is 0 Å². The van der Waals surface area contributed by atoms with E-state index in [1.165, 1.54) is 0 Å². The van der Waals surface area contributed by atoms with Crippen molar-refractivity contribution < 1.29 is 4.79 Å². The number of amides is 1. The Morgan fingerprint density at radius 1 is 1.17 bits per heavy atom. The minimum atomic E-state index is -0.597. The summed E-state index contributed by atoms with van der Waals surface area (Å²) < 4.78 is 0. The predicted molar refractivity (Wildman–Crippen MR) is 92.0 cm³/mol. The smallest absolute Gasteiger partial charge is 0.240 e. The largest absolute Gasteiger partial charge is 0.367 e. The van der Waals surface area contributed by atoms with E-state index in [2.05, 4.69) is 20.3 Å². The summed E-state index contributed by atoms with van der Waals surface area (Å²) in [5.41, 5.74) is 1.33. The quantitative estimate of drug-likeness (QED) is 0.939. The Balaban J connectivity index is 1.47. The summed E-state index contributed by atoms with van der Waals surface area (Å²) in [5.74, 6) is 1.71. The highest BCUT2D eigenvalue weighted by molar-refractivity contribution is 6.06. The minimum Gasteiger partial charge on any atom is -0.367 e. The number of carbonyl (C=O) groups excluding carboxylic acids is 1. The summed E-state index contributed by atoms with van der Waals surface area (Å²) in [4.78, 5) is 27.9. The Labute approximate surface area is 141 Å². The first-order valence-electron chi connectivity index (χ1n) is 8.31. The summed E-state index contributed by atoms with van der Waals surface area (Å²) in [6.07, 6.45) is 6.97. The molecule has 0 unspecified atom stereocenters. The maximum absolute atomic E-state index is 12.8. The van der Waals surface area contributed by atoms with Crippen LogP contribution in [0.5, 0.6) is 0 Å². The molecule has 2 aromatic heterocycles. The Kier molecular flexibility index (Phi) is 3.30. The van der Waals surface area contributed by atoms with E-state index in [1.54, 1.807) is 12.4 Å². The van der Waals surface area contributed by atoms with Gasteiger partial charge in [-0.1, -0.05) is 6.07 Å². The van der Waals surface area contributed by atoms with E-state index < -0.39 is 5.41 Å². The van der Waals surface area contributed by atoms with E-state index >= 15 is 0 Å². The Morgan fingerprint density at radius 2 is 1.92 bits per heavy atom. The third-order valence-electron chi connectivity index (χ3n) is 4.99. The van der Waals surface area contributed by atoms with Crippen LogP contribution in [0.3, 0.4) is 0 Å². The van der Waals surface area contributed by atoms with Crippen molar-refractivity contribution in [1.82, 2.24) is 15.0 Å². The monoisotopic (exact) mass is 323 g/mol. The fourth-order valence-corrected chi connectivity index (χ4v) is 3.46. The van der Waals surface area contributed by atoms with Gasteiger partial charge in [-0.15, -0.1) is 0 Å². The van der Waals surface area contributed by atoms with Crippen LogP contribution in [-0.4, -0.2) is 32.9 Å². The molecule has 2 aromatic rings. The van der Waals surface area contributed by atoms with E-state index in [1.807, 2.05) is 44.0 Å². The number of nitrogens with zero attached hydrogens (tertiary/aromatic N) is 4. The van der Waals surface area contributed by atoms with Crippen LogP contribution in [0.1, 0.15) is 37.9 Å². The first-order chi connectivity index (χ1) is 11.5. The number of aryl methyl sites for hydroxylation is 1. The van der Waals surface area contributed by atoms with E-state index in [9.17, 15) is 4.79 Å². The van der Waals surface area contributed by atoms with Crippen molar-refractivity contribution in [3.8, 4) is 0 Å². The van der Waals surface area contributed by atoms with Gasteiger partial charge >= 0.3 is 0 Å². The number of carbonyl (C=O) groups is 1. The lowest BCUT2D eigenvalue weighted by Crippen LogP contribution is -2.53. The third-order valence-corrected chi connectivity index (χ3v) is 4.99. The number of nitrogens with one attached hydrogen (secondary N) is 1. The zero-order valence-corrected chi connectivity index (χ0v) is 14.2. The molecule has 1 fully saturated rings. The molecule has 6 nitrogen and oxygen atoms in total. The van der Waals surface area contributed by atoms with Gasteiger partial charge in [-0.05, 0) is 45.2 Å². The van der Waals surface area contributed by atoms with Crippen molar-refractivity contribution in [3.05, 3.63) is 42.0 Å². The maximum atomic E-state index is 12.8. The molecule has 2 aliphatic rings. The van der Waals surface area contributed by atoms with Gasteiger partial charge in [-0.3, -0.25) is 14.7 Å². The highest BCUT2D eigenvalue weighted by Crippen LogP contribution is 2.43. The fraction of sp³-hybridized carbons (Fsp3) is 0.444. The molecule has 0 radical (unpaired) electrons. The number of anilines is 2. The molecule has 24 heavy (non-hydrogen) atoms. The zero-order chi connectivity index (χ0) is 16.9. The molecule has 124 valence electrons. The molecule has 1 aliphatic heterocycles. The first kappa shape index (κ1) is 15.1. The Hall–Kier alpha value is -2.50. The SMILES string of the molecule is Cc1ccc(NC2CC(N3C(=O)C(C)(C)c4nccnc43)C2)nc1. The highest BCUT2D eigenvalue weighted by atomic mass is 16.2. The van der Waals surface area contributed by atoms with Crippen LogP contribution in [0, 0.1) is 6.92 Å². The lowest BCUT2D eigenvalue weighted by Gasteiger charge is -2.41. The molecule has 0 atom stereocenters. The lowest BCUT2D eigenvalue weighted by atomic mass is 9.84. The van der Waals surface area contributed by atoms with Gasteiger partial charge in [0.05, 0.1) is 11.1 Å². The third kappa shape index (κ3) is 2.25. The molecule has 6 heteroatoms. The van der Waals surface area contributed by atoms with Crippen LogP contribution in [0.15, 0.2) is 30.7 Å². The van der Waals surface area contributed by atoms with Crippen molar-refractivity contribution in [3.63, 3.8) is 0 Å². The number of pyridine rings is 1. The van der Waals surface area contributed by atoms with Crippen molar-refractivity contribution in [2.24, 2.45) is 0 Å². The molecule has 0 spiro atoms. The van der Waals surface area contributed by atoms with Gasteiger partial charge < -0.3 is 5.32 Å². The van der Waals surface area contributed by atoms with Gasteiger partial charge in [0.25, 0.3) is 0 Å². The summed E-state index contributed by atoms with van der Waals surface area (Å²) >= 11 is 0. The number of aromatic nitrogens is 3. The second-order valence-corrected chi connectivity index (χ2v) is 7.22. The van der Waals surface area contributed by atoms with Crippen molar-refractivity contribution >= 4 is 17.5 Å². The van der Waals surface area contributed by atoms with E-state index in [0.717, 1.165) is 35.7 Å². The number of hydrogen-bond donors (Lipinski definition) is 1. The first-order valence-corrected chi connectivity index (χ1v) is 8.31. The molecular weight excluding hydrogens is 302 g/mol. The minimum absolute atomic E-state index is 0.0978. The normalized spacial score (nSPS) is 24.5. The Bertz CT molecular complexity index is 780. The summed E-state index contributed by atoms with van der Waals surface area (Å²) in [5, 5.41) is 3.43. The average molecular weight is 323 g/mol. The molecule has 0 saturated heterocycles. The van der Waals surface area contributed by atoms with Crippen molar-refractivity contribution in [2.45, 2.75) is 51.1 Å². The van der Waals surface area contributed by atoms with Gasteiger partial charge in [0.15, 0.2) is 5.82 Å². The topological polar surface area (TPSA) is 71.0 Å². The average Bonchev–Trinajstić information content (AvgIpc) is 2.73. The predicted octanol–water partition coefficient (Wildman–Crippen LogP) is 2.45. The number of fused-ring (bicyclic) bond motifs is 1. The molecular formula is C18H21N5O. The lowest BCUT2D eigenvalue weighted by molar-refractivity contribution is -0.123. The number of rotatable bonds is 3. The van der Waals surface area contributed by atoms with E-state index in [4.69, 9.17) is 0 Å². The second-order valence-electron chi connectivity index (χ2n) is 7.22. The Morgan fingerprint density at radius 3 is 2.62 bits per heavy atom. The van der Waals surface area contributed by atoms with Gasteiger partial charge in [-0.2, -0.15) is 0 Å². The highest BCUT2D eigenvalue weighted by Gasteiger charge is 2.51. The standard InChI is InChI=1S/C18H21N5O/c1-11-4-5-14(21-10-11)22-12-8-13(9-12)23-16-15(19-6-7-20-16)18(2,3)17(23)24/h4-7,10,12-13H,8-9H2,1-3H3,(H,21,22). The van der Waals surface area contributed by atoms with E-state index in [0.29, 0.717) is 6.04 Å². The zero-order valence-electron chi connectivity index (χ0n) is 14.2. The maximum Gasteiger partial charge on any atom is 0.240 e. The van der Waals surface area contributed by atoms with Crippen LogP contribution in [-0.2, 0) is 10.2 Å². The van der Waals surface area contributed by atoms with Crippen LogP contribution < -0.4 is 10.2 Å². The fourth-order valence-electron chi connectivity index (χ4n) is 3.46. The molecule has 1 saturated carbocycles. The van der Waals surface area contributed by atoms with Crippen molar-refractivity contribution in [2.75, 3.05) is 10.2 Å². The van der Waals surface area contributed by atoms with Crippen LogP contribution in [0.4, 0.5) is 11.6 Å². The molecule has 1 amide bonds. The molecule has 0 bridgehead atoms. The van der Waals surface area contributed by atoms with E-state index in [-0.39, 0.29) is 11.9 Å². The van der Waals surface area contributed by atoms with Gasteiger partial charge in [0.1, 0.15) is 5.82 Å². The molecule has 4 rings (SSSR count). The van der Waals surface area contributed by atoms with Crippen LogP contribution in [0.25, 0.3) is 0 Å². The second kappa shape index (κ2) is 5.26. The van der Waals surface area contributed by atoms with Crippen LogP contribution >= 0.6 is 0 Å².